The van der Waals surface area contributed by atoms with Crippen LogP contribution in [-0.4, -0.2) is 29.9 Å². The summed E-state index contributed by atoms with van der Waals surface area (Å²) < 4.78 is 14.0. The second-order valence-electron chi connectivity index (χ2n) is 6.41. The van der Waals surface area contributed by atoms with E-state index in [1.54, 1.807) is 6.07 Å². The number of nitrogens with one attached hydrogen (secondary N) is 2. The van der Waals surface area contributed by atoms with Crippen LogP contribution in [0.4, 0.5) is 4.39 Å². The summed E-state index contributed by atoms with van der Waals surface area (Å²) in [7, 11) is 0. The Kier molecular flexibility index (Phi) is 3.19. The molecule has 4 rings (SSSR count). The highest BCUT2D eigenvalue weighted by atomic mass is 19.1. The van der Waals surface area contributed by atoms with E-state index in [9.17, 15) is 9.18 Å². The van der Waals surface area contributed by atoms with E-state index in [4.69, 9.17) is 0 Å². The van der Waals surface area contributed by atoms with Gasteiger partial charge in [0, 0.05) is 36.5 Å². The largest absolute Gasteiger partial charge is 0.342 e. The molecule has 2 heterocycles. The van der Waals surface area contributed by atoms with Gasteiger partial charge in [-0.2, -0.15) is 0 Å². The summed E-state index contributed by atoms with van der Waals surface area (Å²) in [5.41, 5.74) is 7.21. The zero-order chi connectivity index (χ0) is 14.4. The molecule has 1 aromatic carbocycles. The summed E-state index contributed by atoms with van der Waals surface area (Å²) in [4.78, 5) is 14.3. The van der Waals surface area contributed by atoms with Crippen molar-refractivity contribution < 1.29 is 9.18 Å². The van der Waals surface area contributed by atoms with Gasteiger partial charge in [0.05, 0.1) is 6.04 Å². The summed E-state index contributed by atoms with van der Waals surface area (Å²) in [6.45, 7) is 1.54. The van der Waals surface area contributed by atoms with Gasteiger partial charge in [0.15, 0.2) is 0 Å². The van der Waals surface area contributed by atoms with E-state index < -0.39 is 0 Å². The predicted molar refractivity (Wildman–Crippen MR) is 76.6 cm³/mol. The quantitative estimate of drug-likeness (QED) is 0.869. The SMILES string of the molecule is O=C(C1CC1)N1CCC2NNC(c3ccccc3F)C2C1. The van der Waals surface area contributed by atoms with E-state index in [1.165, 1.54) is 6.07 Å². The zero-order valence-electron chi connectivity index (χ0n) is 11.9. The number of piperidine rings is 1. The average Bonchev–Trinajstić information content (AvgIpc) is 3.27. The van der Waals surface area contributed by atoms with Crippen LogP contribution in [0.3, 0.4) is 0 Å². The fourth-order valence-corrected chi connectivity index (χ4v) is 3.63. The molecule has 2 saturated heterocycles. The van der Waals surface area contributed by atoms with E-state index in [2.05, 4.69) is 10.9 Å². The van der Waals surface area contributed by atoms with Gasteiger partial charge in [0.2, 0.25) is 5.91 Å². The van der Waals surface area contributed by atoms with Crippen molar-refractivity contribution in [2.45, 2.75) is 31.3 Å². The second kappa shape index (κ2) is 5.07. The molecule has 0 spiro atoms. The van der Waals surface area contributed by atoms with Gasteiger partial charge in [-0.25, -0.2) is 9.82 Å². The Hall–Kier alpha value is -1.46. The van der Waals surface area contributed by atoms with Crippen LogP contribution < -0.4 is 10.9 Å². The summed E-state index contributed by atoms with van der Waals surface area (Å²) in [6, 6.07) is 7.16. The molecule has 3 unspecified atom stereocenters. The van der Waals surface area contributed by atoms with Crippen LogP contribution in [0, 0.1) is 17.7 Å². The maximum atomic E-state index is 14.0. The molecular formula is C16H20FN3O. The first kappa shape index (κ1) is 13.2. The van der Waals surface area contributed by atoms with E-state index in [1.807, 2.05) is 17.0 Å². The zero-order valence-corrected chi connectivity index (χ0v) is 11.9. The Morgan fingerprint density at radius 1 is 1.19 bits per heavy atom. The first-order chi connectivity index (χ1) is 10.2. The van der Waals surface area contributed by atoms with Gasteiger partial charge in [-0.05, 0) is 25.3 Å². The molecule has 0 radical (unpaired) electrons. The van der Waals surface area contributed by atoms with Crippen LogP contribution in [-0.2, 0) is 4.79 Å². The van der Waals surface area contributed by atoms with Crippen LogP contribution in [0.1, 0.15) is 30.9 Å². The fraction of sp³-hybridized carbons (Fsp3) is 0.562. The molecule has 2 N–H and O–H groups in total. The van der Waals surface area contributed by atoms with Crippen LogP contribution in [0.15, 0.2) is 24.3 Å². The van der Waals surface area contributed by atoms with Gasteiger partial charge < -0.3 is 4.90 Å². The number of hydrogen-bond donors (Lipinski definition) is 2. The average molecular weight is 289 g/mol. The highest BCUT2D eigenvalue weighted by Gasteiger charge is 2.44. The van der Waals surface area contributed by atoms with Gasteiger partial charge in [-0.15, -0.1) is 0 Å². The molecule has 21 heavy (non-hydrogen) atoms. The lowest BCUT2D eigenvalue weighted by atomic mass is 9.85. The third kappa shape index (κ3) is 2.34. The number of carbonyl (C=O) groups is 1. The Morgan fingerprint density at radius 2 is 2.00 bits per heavy atom. The van der Waals surface area contributed by atoms with Crippen molar-refractivity contribution in [2.24, 2.45) is 11.8 Å². The summed E-state index contributed by atoms with van der Waals surface area (Å²) in [5, 5.41) is 0. The predicted octanol–water partition coefficient (Wildman–Crippen LogP) is 1.60. The smallest absolute Gasteiger partial charge is 0.225 e. The van der Waals surface area contributed by atoms with Gasteiger partial charge in [-0.1, -0.05) is 18.2 Å². The summed E-state index contributed by atoms with van der Waals surface area (Å²) in [5.74, 6) is 0.616. The topological polar surface area (TPSA) is 44.4 Å². The van der Waals surface area contributed by atoms with E-state index >= 15 is 0 Å². The van der Waals surface area contributed by atoms with Crippen LogP contribution in [0.25, 0.3) is 0 Å². The summed E-state index contributed by atoms with van der Waals surface area (Å²) in [6.07, 6.45) is 3.01. The molecule has 1 aliphatic carbocycles. The van der Waals surface area contributed by atoms with Crippen molar-refractivity contribution in [3.8, 4) is 0 Å². The van der Waals surface area contributed by atoms with Crippen LogP contribution >= 0.6 is 0 Å². The van der Waals surface area contributed by atoms with E-state index in [-0.39, 0.29) is 23.7 Å². The lowest BCUT2D eigenvalue weighted by Gasteiger charge is -2.36. The third-order valence-electron chi connectivity index (χ3n) is 4.99. The molecule has 3 atom stereocenters. The minimum Gasteiger partial charge on any atom is -0.342 e. The third-order valence-corrected chi connectivity index (χ3v) is 4.99. The highest BCUT2D eigenvalue weighted by Crippen LogP contribution is 2.37. The first-order valence-corrected chi connectivity index (χ1v) is 7.78. The van der Waals surface area contributed by atoms with Gasteiger partial charge in [-0.3, -0.25) is 10.2 Å². The number of benzene rings is 1. The van der Waals surface area contributed by atoms with Crippen LogP contribution in [0.2, 0.25) is 0 Å². The molecule has 0 aromatic heterocycles. The number of nitrogens with zero attached hydrogens (tertiary/aromatic N) is 1. The molecular weight excluding hydrogens is 269 g/mol. The lowest BCUT2D eigenvalue weighted by Crippen LogP contribution is -2.48. The first-order valence-electron chi connectivity index (χ1n) is 7.78. The Morgan fingerprint density at radius 3 is 2.76 bits per heavy atom. The molecule has 5 heteroatoms. The molecule has 3 fully saturated rings. The van der Waals surface area contributed by atoms with Gasteiger partial charge in [0.1, 0.15) is 5.82 Å². The number of hydrazine groups is 1. The minimum absolute atomic E-state index is 0.0639. The molecule has 2 aliphatic heterocycles. The Bertz CT molecular complexity index is 560. The molecule has 1 saturated carbocycles. The molecule has 0 bridgehead atoms. The van der Waals surface area contributed by atoms with Crippen molar-refractivity contribution >= 4 is 5.91 Å². The number of carbonyl (C=O) groups excluding carboxylic acids is 1. The van der Waals surface area contributed by atoms with Crippen molar-refractivity contribution in [3.63, 3.8) is 0 Å². The molecule has 1 aromatic rings. The number of fused-ring (bicyclic) bond motifs is 1. The maximum absolute atomic E-state index is 14.0. The molecule has 3 aliphatic rings. The van der Waals surface area contributed by atoms with Crippen molar-refractivity contribution in [1.29, 1.82) is 0 Å². The molecule has 4 nitrogen and oxygen atoms in total. The number of amides is 1. The van der Waals surface area contributed by atoms with Crippen molar-refractivity contribution in [3.05, 3.63) is 35.6 Å². The normalized spacial score (nSPS) is 32.0. The molecule has 112 valence electrons. The monoisotopic (exact) mass is 289 g/mol. The van der Waals surface area contributed by atoms with E-state index in [0.717, 1.165) is 32.4 Å². The number of hydrogen-bond acceptors (Lipinski definition) is 3. The summed E-state index contributed by atoms with van der Waals surface area (Å²) >= 11 is 0. The Balaban J connectivity index is 1.55. The number of likely N-dealkylation sites (tertiary alicyclic amines) is 1. The number of halogens is 1. The van der Waals surface area contributed by atoms with Crippen molar-refractivity contribution in [2.75, 3.05) is 13.1 Å². The molecule has 1 amide bonds. The van der Waals surface area contributed by atoms with Crippen molar-refractivity contribution in [1.82, 2.24) is 15.8 Å². The standard InChI is InChI=1S/C16H20FN3O/c17-13-4-2-1-3-11(13)15-12-9-20(16(21)10-5-6-10)8-7-14(12)18-19-15/h1-4,10,12,14-15,18-19H,5-9H2. The Labute approximate surface area is 123 Å². The second-order valence-corrected chi connectivity index (χ2v) is 6.41. The van der Waals surface area contributed by atoms with Gasteiger partial charge in [0.25, 0.3) is 0 Å². The fourth-order valence-electron chi connectivity index (χ4n) is 3.63. The lowest BCUT2D eigenvalue weighted by molar-refractivity contribution is -0.134. The van der Waals surface area contributed by atoms with Gasteiger partial charge >= 0.3 is 0 Å². The van der Waals surface area contributed by atoms with Crippen LogP contribution in [0.5, 0.6) is 0 Å². The van der Waals surface area contributed by atoms with E-state index in [0.29, 0.717) is 17.5 Å². The highest BCUT2D eigenvalue weighted by molar-refractivity contribution is 5.81. The number of rotatable bonds is 2. The maximum Gasteiger partial charge on any atom is 0.225 e. The minimum atomic E-state index is -0.178.